The highest BCUT2D eigenvalue weighted by atomic mass is 32.2. The Bertz CT molecular complexity index is 612. The van der Waals surface area contributed by atoms with E-state index in [9.17, 15) is 4.79 Å². The van der Waals surface area contributed by atoms with Crippen LogP contribution >= 0.6 is 11.8 Å². The fourth-order valence-corrected chi connectivity index (χ4v) is 5.61. The largest absolute Gasteiger partial charge is 0.336 e. The van der Waals surface area contributed by atoms with Crippen molar-refractivity contribution in [3.8, 4) is 0 Å². The van der Waals surface area contributed by atoms with Crippen molar-refractivity contribution in [1.29, 1.82) is 0 Å². The zero-order chi connectivity index (χ0) is 16.5. The second-order valence-corrected chi connectivity index (χ2v) is 8.71. The molecule has 0 bridgehead atoms. The SMILES string of the molecule is Cc1ccc2c(c1)CCC2C(=O)N1CCSCC1CN1CCCC1. The summed E-state index contributed by atoms with van der Waals surface area (Å²) in [5.41, 5.74) is 4.00. The van der Waals surface area contributed by atoms with E-state index in [2.05, 4.69) is 34.9 Å². The summed E-state index contributed by atoms with van der Waals surface area (Å²) in [6, 6.07) is 7.05. The van der Waals surface area contributed by atoms with Crippen LogP contribution in [0.1, 0.15) is 41.9 Å². The summed E-state index contributed by atoms with van der Waals surface area (Å²) in [5.74, 6) is 2.69. The summed E-state index contributed by atoms with van der Waals surface area (Å²) >= 11 is 2.02. The average molecular weight is 345 g/mol. The molecule has 24 heavy (non-hydrogen) atoms. The van der Waals surface area contributed by atoms with E-state index in [0.717, 1.165) is 37.4 Å². The van der Waals surface area contributed by atoms with Crippen LogP contribution in [-0.2, 0) is 11.2 Å². The minimum atomic E-state index is 0.102. The van der Waals surface area contributed by atoms with Gasteiger partial charge in [-0.15, -0.1) is 0 Å². The maximum absolute atomic E-state index is 13.3. The molecule has 3 aliphatic rings. The quantitative estimate of drug-likeness (QED) is 0.842. The molecule has 4 heteroatoms. The van der Waals surface area contributed by atoms with Crippen LogP contribution in [0.25, 0.3) is 0 Å². The fraction of sp³-hybridized carbons (Fsp3) is 0.650. The van der Waals surface area contributed by atoms with Crippen molar-refractivity contribution < 1.29 is 4.79 Å². The predicted octanol–water partition coefficient (Wildman–Crippen LogP) is 3.06. The van der Waals surface area contributed by atoms with Gasteiger partial charge in [0, 0.05) is 24.6 Å². The van der Waals surface area contributed by atoms with E-state index in [0.29, 0.717) is 11.9 Å². The van der Waals surface area contributed by atoms with Crippen LogP contribution in [0.15, 0.2) is 18.2 Å². The van der Waals surface area contributed by atoms with Crippen LogP contribution < -0.4 is 0 Å². The molecular formula is C20H28N2OS. The lowest BCUT2D eigenvalue weighted by molar-refractivity contribution is -0.135. The topological polar surface area (TPSA) is 23.6 Å². The maximum Gasteiger partial charge on any atom is 0.230 e. The van der Waals surface area contributed by atoms with Crippen LogP contribution in [0.3, 0.4) is 0 Å². The van der Waals surface area contributed by atoms with Crippen molar-refractivity contribution in [3.05, 3.63) is 34.9 Å². The summed E-state index contributed by atoms with van der Waals surface area (Å²) < 4.78 is 0. The first-order valence-electron chi connectivity index (χ1n) is 9.42. The molecule has 0 aromatic heterocycles. The van der Waals surface area contributed by atoms with Gasteiger partial charge in [-0.05, 0) is 56.8 Å². The standard InChI is InChI=1S/C20H28N2OS/c1-15-4-6-18-16(12-15)5-7-19(18)20(23)22-10-11-24-14-17(22)13-21-8-2-3-9-21/h4,6,12,17,19H,2-3,5,7-11,13-14H2,1H3. The van der Waals surface area contributed by atoms with E-state index in [-0.39, 0.29) is 5.92 Å². The van der Waals surface area contributed by atoms with Gasteiger partial charge >= 0.3 is 0 Å². The average Bonchev–Trinajstić information content (AvgIpc) is 3.24. The van der Waals surface area contributed by atoms with Gasteiger partial charge in [0.2, 0.25) is 5.91 Å². The van der Waals surface area contributed by atoms with Gasteiger partial charge in [-0.25, -0.2) is 0 Å². The van der Waals surface area contributed by atoms with Crippen LogP contribution in [0, 0.1) is 6.92 Å². The first kappa shape index (κ1) is 16.5. The van der Waals surface area contributed by atoms with E-state index in [1.165, 1.54) is 42.6 Å². The third kappa shape index (κ3) is 3.23. The molecule has 1 aliphatic carbocycles. The zero-order valence-corrected chi connectivity index (χ0v) is 15.5. The minimum Gasteiger partial charge on any atom is -0.336 e. The monoisotopic (exact) mass is 344 g/mol. The lowest BCUT2D eigenvalue weighted by Crippen LogP contribution is -2.52. The second kappa shape index (κ2) is 7.09. The van der Waals surface area contributed by atoms with Crippen molar-refractivity contribution in [2.75, 3.05) is 37.7 Å². The number of aryl methyl sites for hydroxylation is 2. The molecule has 0 saturated carbocycles. The highest BCUT2D eigenvalue weighted by Crippen LogP contribution is 2.36. The molecule has 4 rings (SSSR count). The number of hydrogen-bond acceptors (Lipinski definition) is 3. The number of carbonyl (C=O) groups excluding carboxylic acids is 1. The Morgan fingerprint density at radius 2 is 2.08 bits per heavy atom. The van der Waals surface area contributed by atoms with Crippen molar-refractivity contribution in [2.24, 2.45) is 0 Å². The Balaban J connectivity index is 1.50. The maximum atomic E-state index is 13.3. The van der Waals surface area contributed by atoms with E-state index >= 15 is 0 Å². The van der Waals surface area contributed by atoms with Crippen molar-refractivity contribution >= 4 is 17.7 Å². The molecule has 1 aromatic carbocycles. The van der Waals surface area contributed by atoms with Crippen LogP contribution in [0.4, 0.5) is 0 Å². The number of rotatable bonds is 3. The van der Waals surface area contributed by atoms with Crippen molar-refractivity contribution in [1.82, 2.24) is 9.80 Å². The summed E-state index contributed by atoms with van der Waals surface area (Å²) in [5, 5.41) is 0. The summed E-state index contributed by atoms with van der Waals surface area (Å²) in [6.07, 6.45) is 4.71. The van der Waals surface area contributed by atoms with E-state index in [1.54, 1.807) is 0 Å². The van der Waals surface area contributed by atoms with Gasteiger partial charge in [-0.3, -0.25) is 4.79 Å². The Hall–Kier alpha value is -1.00. The number of likely N-dealkylation sites (tertiary alicyclic amines) is 1. The summed E-state index contributed by atoms with van der Waals surface area (Å²) in [7, 11) is 0. The highest BCUT2D eigenvalue weighted by molar-refractivity contribution is 7.99. The van der Waals surface area contributed by atoms with Gasteiger partial charge in [0.05, 0.1) is 12.0 Å². The van der Waals surface area contributed by atoms with Crippen LogP contribution in [0.2, 0.25) is 0 Å². The van der Waals surface area contributed by atoms with Crippen molar-refractivity contribution in [2.45, 2.75) is 44.6 Å². The van der Waals surface area contributed by atoms with Crippen molar-refractivity contribution in [3.63, 3.8) is 0 Å². The smallest absolute Gasteiger partial charge is 0.230 e. The molecule has 2 saturated heterocycles. The molecule has 2 heterocycles. The summed E-state index contributed by atoms with van der Waals surface area (Å²) in [4.78, 5) is 18.1. The van der Waals surface area contributed by atoms with E-state index in [1.807, 2.05) is 11.8 Å². The zero-order valence-electron chi connectivity index (χ0n) is 14.7. The normalized spacial score (nSPS) is 27.5. The molecule has 2 unspecified atom stereocenters. The Labute approximate surface area is 149 Å². The van der Waals surface area contributed by atoms with Gasteiger partial charge in [-0.1, -0.05) is 23.8 Å². The number of fused-ring (bicyclic) bond motifs is 1. The molecule has 2 aliphatic heterocycles. The minimum absolute atomic E-state index is 0.102. The molecule has 130 valence electrons. The number of nitrogens with zero attached hydrogens (tertiary/aromatic N) is 2. The van der Waals surface area contributed by atoms with E-state index in [4.69, 9.17) is 0 Å². The first-order valence-corrected chi connectivity index (χ1v) is 10.6. The molecule has 0 spiro atoms. The third-order valence-electron chi connectivity index (χ3n) is 5.85. The van der Waals surface area contributed by atoms with Gasteiger partial charge in [0.15, 0.2) is 0 Å². The molecule has 2 atom stereocenters. The Kier molecular flexibility index (Phi) is 4.86. The molecule has 0 radical (unpaired) electrons. The lowest BCUT2D eigenvalue weighted by Gasteiger charge is -2.39. The Morgan fingerprint density at radius 1 is 1.25 bits per heavy atom. The number of amides is 1. The molecule has 3 nitrogen and oxygen atoms in total. The van der Waals surface area contributed by atoms with Crippen LogP contribution in [0.5, 0.6) is 0 Å². The first-order chi connectivity index (χ1) is 11.7. The summed E-state index contributed by atoms with van der Waals surface area (Å²) in [6.45, 7) is 6.58. The second-order valence-electron chi connectivity index (χ2n) is 7.56. The highest BCUT2D eigenvalue weighted by Gasteiger charge is 2.36. The number of benzene rings is 1. The molecule has 2 fully saturated rings. The third-order valence-corrected chi connectivity index (χ3v) is 6.94. The van der Waals surface area contributed by atoms with E-state index < -0.39 is 0 Å². The van der Waals surface area contributed by atoms with Crippen LogP contribution in [-0.4, -0.2) is 59.4 Å². The number of carbonyl (C=O) groups is 1. The van der Waals surface area contributed by atoms with Gasteiger partial charge in [0.25, 0.3) is 0 Å². The molecular weight excluding hydrogens is 316 g/mol. The molecule has 1 amide bonds. The lowest BCUT2D eigenvalue weighted by atomic mass is 9.98. The molecule has 1 aromatic rings. The number of thioether (sulfide) groups is 1. The Morgan fingerprint density at radius 3 is 2.92 bits per heavy atom. The number of hydrogen-bond donors (Lipinski definition) is 0. The molecule has 0 N–H and O–H groups in total. The van der Waals surface area contributed by atoms with Gasteiger partial charge in [-0.2, -0.15) is 11.8 Å². The fourth-order valence-electron chi connectivity index (χ4n) is 4.56. The van der Waals surface area contributed by atoms with Gasteiger partial charge in [0.1, 0.15) is 0 Å². The predicted molar refractivity (Wildman–Crippen MR) is 101 cm³/mol. The van der Waals surface area contributed by atoms with Gasteiger partial charge < -0.3 is 9.80 Å².